The van der Waals surface area contributed by atoms with Crippen molar-refractivity contribution >= 4 is 11.8 Å². The lowest BCUT2D eigenvalue weighted by Crippen LogP contribution is -2.45. The van der Waals surface area contributed by atoms with Crippen LogP contribution in [0.15, 0.2) is 48.5 Å². The molecule has 3 rings (SSSR count). The molecule has 1 N–H and O–H groups in total. The summed E-state index contributed by atoms with van der Waals surface area (Å²) in [4.78, 5) is 27.1. The number of hydrogen-bond donors (Lipinski definition) is 1. The van der Waals surface area contributed by atoms with Crippen molar-refractivity contribution in [1.29, 1.82) is 0 Å². The standard InChI is InChI=1S/C22H25FN2O2/c1-3-25(15-20(26)24-14-17-7-9-19(23)10-8-17)21(27)22(11-12-22)18-6-4-5-16(2)13-18/h4-10,13H,3,11-12,14-15H2,1-2H3,(H,24,26). The molecule has 1 fully saturated rings. The summed E-state index contributed by atoms with van der Waals surface area (Å²) in [7, 11) is 0. The van der Waals surface area contributed by atoms with Gasteiger partial charge in [-0.3, -0.25) is 9.59 Å². The van der Waals surface area contributed by atoms with E-state index in [9.17, 15) is 14.0 Å². The minimum absolute atomic E-state index is 0.0209. The van der Waals surface area contributed by atoms with Crippen LogP contribution >= 0.6 is 0 Å². The normalized spacial score (nSPS) is 14.5. The molecule has 0 atom stereocenters. The molecule has 0 bridgehead atoms. The van der Waals surface area contributed by atoms with Crippen LogP contribution in [0.1, 0.15) is 36.5 Å². The van der Waals surface area contributed by atoms with Crippen LogP contribution in [0.5, 0.6) is 0 Å². The number of halogens is 1. The number of benzene rings is 2. The second-order valence-electron chi connectivity index (χ2n) is 7.17. The van der Waals surface area contributed by atoms with Gasteiger partial charge in [-0.25, -0.2) is 4.39 Å². The Bertz CT molecular complexity index is 828. The molecule has 1 aliphatic carbocycles. The predicted molar refractivity (Wildman–Crippen MR) is 103 cm³/mol. The van der Waals surface area contributed by atoms with E-state index in [1.807, 2.05) is 32.0 Å². The van der Waals surface area contributed by atoms with E-state index >= 15 is 0 Å². The molecule has 0 radical (unpaired) electrons. The van der Waals surface area contributed by atoms with E-state index in [0.29, 0.717) is 13.1 Å². The molecule has 142 valence electrons. The summed E-state index contributed by atoms with van der Waals surface area (Å²) in [5.74, 6) is -0.499. The highest BCUT2D eigenvalue weighted by atomic mass is 19.1. The van der Waals surface area contributed by atoms with Gasteiger partial charge in [0, 0.05) is 13.1 Å². The number of carbonyl (C=O) groups is 2. The van der Waals surface area contributed by atoms with Crippen LogP contribution in [-0.2, 0) is 21.5 Å². The highest BCUT2D eigenvalue weighted by molar-refractivity contribution is 5.94. The molecule has 0 unspecified atom stereocenters. The Labute approximate surface area is 159 Å². The maximum atomic E-state index is 13.1. The zero-order chi connectivity index (χ0) is 19.4. The van der Waals surface area contributed by atoms with Gasteiger partial charge in [0.05, 0.1) is 12.0 Å². The Kier molecular flexibility index (Phi) is 5.59. The maximum absolute atomic E-state index is 13.1. The maximum Gasteiger partial charge on any atom is 0.239 e. The van der Waals surface area contributed by atoms with Crippen molar-refractivity contribution in [3.05, 3.63) is 71.0 Å². The molecule has 4 nitrogen and oxygen atoms in total. The number of rotatable bonds is 7. The number of nitrogens with zero attached hydrogens (tertiary/aromatic N) is 1. The number of aryl methyl sites for hydroxylation is 1. The minimum Gasteiger partial charge on any atom is -0.350 e. The smallest absolute Gasteiger partial charge is 0.239 e. The van der Waals surface area contributed by atoms with Crippen LogP contribution in [0.25, 0.3) is 0 Å². The van der Waals surface area contributed by atoms with E-state index in [-0.39, 0.29) is 24.2 Å². The van der Waals surface area contributed by atoms with Crippen molar-refractivity contribution in [2.24, 2.45) is 0 Å². The molecule has 5 heteroatoms. The van der Waals surface area contributed by atoms with Gasteiger partial charge in [0.25, 0.3) is 0 Å². The van der Waals surface area contributed by atoms with Gasteiger partial charge in [0.15, 0.2) is 0 Å². The molecular formula is C22H25FN2O2. The van der Waals surface area contributed by atoms with E-state index in [0.717, 1.165) is 29.5 Å². The second kappa shape index (κ2) is 7.91. The lowest BCUT2D eigenvalue weighted by molar-refractivity contribution is -0.138. The summed E-state index contributed by atoms with van der Waals surface area (Å²) in [6.45, 7) is 4.73. The first kappa shape index (κ1) is 19.1. The zero-order valence-electron chi connectivity index (χ0n) is 15.8. The van der Waals surface area contributed by atoms with E-state index in [4.69, 9.17) is 0 Å². The van der Waals surface area contributed by atoms with Gasteiger partial charge in [-0.2, -0.15) is 0 Å². The van der Waals surface area contributed by atoms with Crippen molar-refractivity contribution in [3.63, 3.8) is 0 Å². The number of hydrogen-bond acceptors (Lipinski definition) is 2. The number of likely N-dealkylation sites (N-methyl/N-ethyl adjacent to an activating group) is 1. The number of amides is 2. The molecule has 0 heterocycles. The quantitative estimate of drug-likeness (QED) is 0.815. The summed E-state index contributed by atoms with van der Waals surface area (Å²) in [6, 6.07) is 14.1. The lowest BCUT2D eigenvalue weighted by atomic mass is 9.93. The van der Waals surface area contributed by atoms with Gasteiger partial charge in [0.2, 0.25) is 11.8 Å². The van der Waals surface area contributed by atoms with Crippen molar-refractivity contribution in [1.82, 2.24) is 10.2 Å². The van der Waals surface area contributed by atoms with Gasteiger partial charge in [0.1, 0.15) is 5.82 Å². The van der Waals surface area contributed by atoms with E-state index in [2.05, 4.69) is 11.4 Å². The third-order valence-electron chi connectivity index (χ3n) is 5.14. The predicted octanol–water partition coefficient (Wildman–Crippen LogP) is 3.33. The van der Waals surface area contributed by atoms with Crippen LogP contribution in [0.2, 0.25) is 0 Å². The number of carbonyl (C=O) groups excluding carboxylic acids is 2. The molecule has 1 saturated carbocycles. The summed E-state index contributed by atoms with van der Waals surface area (Å²) >= 11 is 0. The van der Waals surface area contributed by atoms with Gasteiger partial charge in [-0.1, -0.05) is 42.0 Å². The molecule has 0 saturated heterocycles. The first-order chi connectivity index (χ1) is 12.9. The highest BCUT2D eigenvalue weighted by Crippen LogP contribution is 2.49. The first-order valence-electron chi connectivity index (χ1n) is 9.32. The van der Waals surface area contributed by atoms with Gasteiger partial charge < -0.3 is 10.2 Å². The summed E-state index contributed by atoms with van der Waals surface area (Å²) in [5.41, 5.74) is 2.51. The Morgan fingerprint density at radius 1 is 1.15 bits per heavy atom. The monoisotopic (exact) mass is 368 g/mol. The molecule has 0 aromatic heterocycles. The largest absolute Gasteiger partial charge is 0.350 e. The molecular weight excluding hydrogens is 343 g/mol. The average molecular weight is 368 g/mol. The third-order valence-corrected chi connectivity index (χ3v) is 5.14. The van der Waals surface area contributed by atoms with Crippen LogP contribution in [-0.4, -0.2) is 29.8 Å². The summed E-state index contributed by atoms with van der Waals surface area (Å²) < 4.78 is 12.9. The highest BCUT2D eigenvalue weighted by Gasteiger charge is 2.52. The van der Waals surface area contributed by atoms with Crippen LogP contribution < -0.4 is 5.32 Å². The summed E-state index contributed by atoms with van der Waals surface area (Å²) in [6.07, 6.45) is 1.64. The van der Waals surface area contributed by atoms with Gasteiger partial charge >= 0.3 is 0 Å². The van der Waals surface area contributed by atoms with Crippen LogP contribution in [0.3, 0.4) is 0 Å². The molecule has 2 amide bonds. The Morgan fingerprint density at radius 2 is 1.85 bits per heavy atom. The van der Waals surface area contributed by atoms with E-state index < -0.39 is 5.41 Å². The molecule has 0 aliphatic heterocycles. The zero-order valence-corrected chi connectivity index (χ0v) is 15.8. The minimum atomic E-state index is -0.473. The fraction of sp³-hybridized carbons (Fsp3) is 0.364. The van der Waals surface area contributed by atoms with Gasteiger partial charge in [-0.05, 0) is 49.9 Å². The fourth-order valence-electron chi connectivity index (χ4n) is 3.36. The van der Waals surface area contributed by atoms with Crippen LogP contribution in [0.4, 0.5) is 4.39 Å². The van der Waals surface area contributed by atoms with E-state index in [1.165, 1.54) is 12.1 Å². The van der Waals surface area contributed by atoms with Crippen molar-refractivity contribution in [2.45, 2.75) is 38.6 Å². The van der Waals surface area contributed by atoms with Crippen molar-refractivity contribution < 1.29 is 14.0 Å². The molecule has 27 heavy (non-hydrogen) atoms. The molecule has 0 spiro atoms. The topological polar surface area (TPSA) is 49.4 Å². The third kappa shape index (κ3) is 4.35. The second-order valence-corrected chi connectivity index (χ2v) is 7.17. The molecule has 1 aliphatic rings. The Morgan fingerprint density at radius 3 is 2.44 bits per heavy atom. The fourth-order valence-corrected chi connectivity index (χ4v) is 3.36. The molecule has 2 aromatic carbocycles. The Hall–Kier alpha value is -2.69. The average Bonchev–Trinajstić information content (AvgIpc) is 3.47. The van der Waals surface area contributed by atoms with Crippen molar-refractivity contribution in [2.75, 3.05) is 13.1 Å². The summed E-state index contributed by atoms with van der Waals surface area (Å²) in [5, 5.41) is 2.80. The first-order valence-corrected chi connectivity index (χ1v) is 9.32. The lowest BCUT2D eigenvalue weighted by Gasteiger charge is -2.26. The van der Waals surface area contributed by atoms with Crippen LogP contribution in [0, 0.1) is 12.7 Å². The Balaban J connectivity index is 1.61. The molecule has 2 aromatic rings. The van der Waals surface area contributed by atoms with E-state index in [1.54, 1.807) is 17.0 Å². The SMILES string of the molecule is CCN(CC(=O)NCc1ccc(F)cc1)C(=O)C1(c2cccc(C)c2)CC1. The van der Waals surface area contributed by atoms with Gasteiger partial charge in [-0.15, -0.1) is 0 Å². The number of nitrogens with one attached hydrogen (secondary N) is 1. The van der Waals surface area contributed by atoms with Crippen molar-refractivity contribution in [3.8, 4) is 0 Å².